The average molecular weight is 260 g/mol. The van der Waals surface area contributed by atoms with Crippen LogP contribution in [0.1, 0.15) is 26.7 Å². The van der Waals surface area contributed by atoms with Crippen LogP contribution in [-0.4, -0.2) is 42.2 Å². The maximum absolute atomic E-state index is 11.1. The molecule has 2 aliphatic rings. The highest BCUT2D eigenvalue weighted by Crippen LogP contribution is 2.32. The first-order valence-corrected chi connectivity index (χ1v) is 7.01. The Labute approximate surface area is 106 Å². The van der Waals surface area contributed by atoms with Crippen molar-refractivity contribution in [3.8, 4) is 0 Å². The third-order valence-electron chi connectivity index (χ3n) is 2.80. The number of hydrogen-bond donors (Lipinski definition) is 2. The van der Waals surface area contributed by atoms with E-state index in [1.807, 2.05) is 13.8 Å². The van der Waals surface area contributed by atoms with E-state index >= 15 is 0 Å². The summed E-state index contributed by atoms with van der Waals surface area (Å²) in [5, 5.41) is 6.07. The number of hydrogen-bond acceptors (Lipinski definition) is 4. The highest BCUT2D eigenvalue weighted by Gasteiger charge is 2.42. The Balaban J connectivity index is 0.000000686. The molecule has 6 heteroatoms. The van der Waals surface area contributed by atoms with Crippen LogP contribution in [0.25, 0.3) is 0 Å². The zero-order valence-corrected chi connectivity index (χ0v) is 11.3. The van der Waals surface area contributed by atoms with Gasteiger partial charge in [0.25, 0.3) is 0 Å². The molecule has 0 bridgehead atoms. The molecular weight excluding hydrogens is 240 g/mol. The molecule has 0 spiro atoms. The smallest absolute Gasteiger partial charge is 0.315 e. The van der Waals surface area contributed by atoms with Crippen LogP contribution in [0, 0.1) is 0 Å². The van der Waals surface area contributed by atoms with Gasteiger partial charge in [-0.3, -0.25) is 4.79 Å². The molecule has 3 unspecified atom stereocenters. The number of ether oxygens (including phenoxy) is 1. The van der Waals surface area contributed by atoms with Crippen molar-refractivity contribution < 1.29 is 14.3 Å². The van der Waals surface area contributed by atoms with Gasteiger partial charge in [0.15, 0.2) is 0 Å². The second-order valence-corrected chi connectivity index (χ2v) is 5.01. The summed E-state index contributed by atoms with van der Waals surface area (Å²) in [5.41, 5.74) is 0. The van der Waals surface area contributed by atoms with Crippen molar-refractivity contribution in [3.63, 3.8) is 0 Å². The van der Waals surface area contributed by atoms with Crippen molar-refractivity contribution in [3.05, 3.63) is 0 Å². The summed E-state index contributed by atoms with van der Waals surface area (Å²) in [6.07, 6.45) is 1.19. The van der Waals surface area contributed by atoms with Crippen LogP contribution < -0.4 is 10.6 Å². The molecule has 98 valence electrons. The molecule has 3 atom stereocenters. The molecule has 2 fully saturated rings. The van der Waals surface area contributed by atoms with Gasteiger partial charge in [-0.15, -0.1) is 0 Å². The molecule has 2 heterocycles. The first kappa shape index (κ1) is 14.2. The molecular formula is C11H20N2O3S. The minimum atomic E-state index is -0.184. The van der Waals surface area contributed by atoms with E-state index in [1.165, 1.54) is 7.11 Å². The first-order valence-electron chi connectivity index (χ1n) is 5.96. The summed E-state index contributed by atoms with van der Waals surface area (Å²) in [4.78, 5) is 22.1. The molecule has 0 aromatic heterocycles. The number of fused-ring (bicyclic) bond motifs is 1. The second-order valence-electron chi connectivity index (χ2n) is 3.74. The summed E-state index contributed by atoms with van der Waals surface area (Å²) >= 11 is 1.80. The number of carbonyl (C=O) groups is 2. The van der Waals surface area contributed by atoms with Crippen LogP contribution >= 0.6 is 11.8 Å². The lowest BCUT2D eigenvalue weighted by Gasteiger charge is -2.15. The highest BCUT2D eigenvalue weighted by atomic mass is 32.2. The van der Waals surface area contributed by atoms with E-state index < -0.39 is 0 Å². The Bertz CT molecular complexity index is 286. The van der Waals surface area contributed by atoms with E-state index in [4.69, 9.17) is 0 Å². The Hall–Kier alpha value is -0.910. The maximum Gasteiger partial charge on any atom is 0.315 e. The van der Waals surface area contributed by atoms with Gasteiger partial charge in [0.05, 0.1) is 19.2 Å². The van der Waals surface area contributed by atoms with Gasteiger partial charge in [0, 0.05) is 17.4 Å². The Morgan fingerprint density at radius 3 is 2.82 bits per heavy atom. The third kappa shape index (κ3) is 3.52. The zero-order chi connectivity index (χ0) is 12.8. The van der Waals surface area contributed by atoms with E-state index in [1.54, 1.807) is 11.8 Å². The average Bonchev–Trinajstić information content (AvgIpc) is 2.88. The lowest BCUT2D eigenvalue weighted by Crippen LogP contribution is -2.37. The molecule has 0 radical (unpaired) electrons. The normalized spacial score (nSPS) is 29.6. The molecule has 2 amide bonds. The quantitative estimate of drug-likeness (QED) is 0.589. The van der Waals surface area contributed by atoms with Gasteiger partial charge in [-0.25, -0.2) is 4.79 Å². The van der Waals surface area contributed by atoms with Crippen LogP contribution in [0.5, 0.6) is 0 Å². The van der Waals surface area contributed by atoms with E-state index in [9.17, 15) is 9.59 Å². The first-order chi connectivity index (χ1) is 8.20. The number of methoxy groups -OCH3 is 1. The van der Waals surface area contributed by atoms with E-state index in [-0.39, 0.29) is 24.1 Å². The molecule has 5 nitrogen and oxygen atoms in total. The van der Waals surface area contributed by atoms with Crippen LogP contribution in [0.3, 0.4) is 0 Å². The van der Waals surface area contributed by atoms with Crippen molar-refractivity contribution in [2.45, 2.75) is 44.0 Å². The van der Waals surface area contributed by atoms with Gasteiger partial charge in [-0.1, -0.05) is 13.8 Å². The van der Waals surface area contributed by atoms with Gasteiger partial charge < -0.3 is 15.4 Å². The number of thioether (sulfide) groups is 1. The van der Waals surface area contributed by atoms with Crippen molar-refractivity contribution >= 4 is 23.8 Å². The SMILES string of the molecule is CC.COC(=O)CCC1SCC2NC(=O)NC21. The molecule has 2 rings (SSSR count). The zero-order valence-electron chi connectivity index (χ0n) is 10.5. The number of esters is 1. The Morgan fingerprint density at radius 2 is 2.18 bits per heavy atom. The maximum atomic E-state index is 11.1. The predicted octanol–water partition coefficient (Wildman–Crippen LogP) is 1.13. The second kappa shape index (κ2) is 6.74. The van der Waals surface area contributed by atoms with Gasteiger partial charge >= 0.3 is 12.0 Å². The van der Waals surface area contributed by atoms with Gasteiger partial charge in [0.2, 0.25) is 0 Å². The van der Waals surface area contributed by atoms with E-state index in [2.05, 4.69) is 15.4 Å². The molecule has 2 N–H and O–H groups in total. The van der Waals surface area contributed by atoms with E-state index in [0.717, 1.165) is 12.2 Å². The lowest BCUT2D eigenvalue weighted by atomic mass is 10.0. The molecule has 0 aliphatic carbocycles. The molecule has 0 saturated carbocycles. The minimum Gasteiger partial charge on any atom is -0.469 e. The predicted molar refractivity (Wildman–Crippen MR) is 68.1 cm³/mol. The molecule has 17 heavy (non-hydrogen) atoms. The third-order valence-corrected chi connectivity index (χ3v) is 4.31. The summed E-state index contributed by atoms with van der Waals surface area (Å²) in [5.74, 6) is 0.742. The lowest BCUT2D eigenvalue weighted by molar-refractivity contribution is -0.140. The molecule has 0 aromatic carbocycles. The number of urea groups is 1. The van der Waals surface area contributed by atoms with Crippen molar-refractivity contribution in [2.75, 3.05) is 12.9 Å². The Morgan fingerprint density at radius 1 is 1.47 bits per heavy atom. The van der Waals surface area contributed by atoms with E-state index in [0.29, 0.717) is 11.7 Å². The number of carbonyl (C=O) groups excluding carboxylic acids is 2. The number of amides is 2. The monoisotopic (exact) mass is 260 g/mol. The fourth-order valence-electron chi connectivity index (χ4n) is 2.01. The largest absolute Gasteiger partial charge is 0.469 e. The van der Waals surface area contributed by atoms with Crippen molar-refractivity contribution in [1.29, 1.82) is 0 Å². The van der Waals surface area contributed by atoms with Crippen LogP contribution in [0.2, 0.25) is 0 Å². The highest BCUT2D eigenvalue weighted by molar-refractivity contribution is 8.00. The van der Waals surface area contributed by atoms with Crippen molar-refractivity contribution in [2.24, 2.45) is 0 Å². The molecule has 2 saturated heterocycles. The topological polar surface area (TPSA) is 67.4 Å². The van der Waals surface area contributed by atoms with Gasteiger partial charge in [0.1, 0.15) is 0 Å². The van der Waals surface area contributed by atoms with Crippen LogP contribution in [0.15, 0.2) is 0 Å². The summed E-state index contributed by atoms with van der Waals surface area (Å²) in [7, 11) is 1.39. The van der Waals surface area contributed by atoms with Gasteiger partial charge in [-0.2, -0.15) is 11.8 Å². The Kier molecular flexibility index (Phi) is 5.61. The fourth-order valence-corrected chi connectivity index (χ4v) is 3.50. The molecule has 0 aromatic rings. The number of rotatable bonds is 3. The van der Waals surface area contributed by atoms with Gasteiger partial charge in [-0.05, 0) is 6.42 Å². The van der Waals surface area contributed by atoms with Crippen molar-refractivity contribution in [1.82, 2.24) is 10.6 Å². The summed E-state index contributed by atoms with van der Waals surface area (Å²) < 4.78 is 4.59. The number of nitrogens with one attached hydrogen (secondary N) is 2. The molecule has 2 aliphatic heterocycles. The van der Waals surface area contributed by atoms with Crippen LogP contribution in [0.4, 0.5) is 4.79 Å². The fraction of sp³-hybridized carbons (Fsp3) is 0.818. The summed E-state index contributed by atoms with van der Waals surface area (Å²) in [6.45, 7) is 4.00. The standard InChI is InChI=1S/C9H14N2O3S.C2H6/c1-14-7(12)3-2-6-8-5(4-15-6)10-9(13)11-8;1-2/h5-6,8H,2-4H2,1H3,(H2,10,11,13);1-2H3. The van der Waals surface area contributed by atoms with Crippen LogP contribution in [-0.2, 0) is 9.53 Å². The summed E-state index contributed by atoms with van der Waals surface area (Å²) in [6, 6.07) is 0.311. The minimum absolute atomic E-state index is 0.0895.